The van der Waals surface area contributed by atoms with E-state index in [1.165, 1.54) is 0 Å². The van der Waals surface area contributed by atoms with Gasteiger partial charge in [-0.25, -0.2) is 9.98 Å². The van der Waals surface area contributed by atoms with Crippen LogP contribution in [0.3, 0.4) is 0 Å². The van der Waals surface area contributed by atoms with Gasteiger partial charge in [0.25, 0.3) is 11.9 Å². The smallest absolute Gasteiger partial charge is 0.278 e. The number of benzene rings is 3. The Balaban J connectivity index is 1.19. The van der Waals surface area contributed by atoms with Crippen molar-refractivity contribution in [2.45, 2.75) is 13.3 Å². The van der Waals surface area contributed by atoms with Gasteiger partial charge in [0.15, 0.2) is 11.5 Å². The van der Waals surface area contributed by atoms with E-state index in [0.717, 1.165) is 60.0 Å². The van der Waals surface area contributed by atoms with Crippen molar-refractivity contribution in [1.82, 2.24) is 14.9 Å². The molecule has 12 heteroatoms. The van der Waals surface area contributed by atoms with Gasteiger partial charge in [0.2, 0.25) is 5.75 Å². The summed E-state index contributed by atoms with van der Waals surface area (Å²) >= 11 is 0. The standard InChI is InChI=1S/C35H39N7O5/c1-22-6-11-28-27(16-22)31(34(43)42(28)21-40-12-14-41(15-13-40)25-7-9-26(44-2)10-8-25)38-35-37-20-24(33(36)39-35)17-23-18-29(45-3)32(47-5)30(19-23)46-4/h6-11,16,18-20H,12-15,17,21H2,1-5H3,(H2,36,37,39)/b38-31-. The first-order chi connectivity index (χ1) is 22.8. The maximum absolute atomic E-state index is 13.9. The lowest BCUT2D eigenvalue weighted by molar-refractivity contribution is -0.112. The molecule has 1 saturated heterocycles. The van der Waals surface area contributed by atoms with E-state index in [-0.39, 0.29) is 17.7 Å². The summed E-state index contributed by atoms with van der Waals surface area (Å²) in [4.78, 5) is 33.9. The van der Waals surface area contributed by atoms with Gasteiger partial charge in [0.05, 0.1) is 40.8 Å². The number of amides is 1. The minimum absolute atomic E-state index is 0.127. The Labute approximate surface area is 274 Å². The van der Waals surface area contributed by atoms with E-state index in [4.69, 9.17) is 24.7 Å². The highest BCUT2D eigenvalue weighted by atomic mass is 16.5. The number of anilines is 3. The summed E-state index contributed by atoms with van der Waals surface area (Å²) in [5.41, 5.74) is 12.0. The number of nitrogens with zero attached hydrogens (tertiary/aromatic N) is 6. The predicted octanol–water partition coefficient (Wildman–Crippen LogP) is 4.24. The minimum Gasteiger partial charge on any atom is -0.497 e. The number of aromatic nitrogens is 2. The van der Waals surface area contributed by atoms with E-state index in [1.54, 1.807) is 39.5 Å². The first-order valence-corrected chi connectivity index (χ1v) is 15.3. The maximum Gasteiger partial charge on any atom is 0.278 e. The van der Waals surface area contributed by atoms with Crippen LogP contribution in [0.5, 0.6) is 23.0 Å². The third kappa shape index (κ3) is 6.50. The number of rotatable bonds is 10. The van der Waals surface area contributed by atoms with Crippen molar-refractivity contribution in [1.29, 1.82) is 0 Å². The summed E-state index contributed by atoms with van der Waals surface area (Å²) in [7, 11) is 6.37. The van der Waals surface area contributed by atoms with Crippen molar-refractivity contribution in [2.24, 2.45) is 4.99 Å². The molecule has 3 heterocycles. The summed E-state index contributed by atoms with van der Waals surface area (Å²) in [5, 5.41) is 0. The number of methoxy groups -OCH3 is 4. The number of aliphatic imine (C=N–C) groups is 1. The summed E-state index contributed by atoms with van der Waals surface area (Å²) in [6, 6.07) is 17.8. The molecule has 0 spiro atoms. The Hall–Kier alpha value is -5.36. The molecule has 47 heavy (non-hydrogen) atoms. The quantitative estimate of drug-likeness (QED) is 0.270. The maximum atomic E-state index is 13.9. The molecule has 2 aliphatic rings. The van der Waals surface area contributed by atoms with Crippen molar-refractivity contribution in [3.8, 4) is 23.0 Å². The highest BCUT2D eigenvalue weighted by Gasteiger charge is 2.36. The molecule has 0 atom stereocenters. The molecular formula is C35H39N7O5. The average Bonchev–Trinajstić information content (AvgIpc) is 3.34. The molecule has 0 aliphatic carbocycles. The van der Waals surface area contributed by atoms with E-state index < -0.39 is 0 Å². The lowest BCUT2D eigenvalue weighted by Crippen LogP contribution is -2.51. The van der Waals surface area contributed by atoms with Gasteiger partial charge in [0, 0.05) is 55.6 Å². The van der Waals surface area contributed by atoms with Crippen LogP contribution in [0.2, 0.25) is 0 Å². The van der Waals surface area contributed by atoms with Crippen molar-refractivity contribution in [2.75, 3.05) is 76.8 Å². The second-order valence-corrected chi connectivity index (χ2v) is 11.4. The largest absolute Gasteiger partial charge is 0.497 e. The van der Waals surface area contributed by atoms with Gasteiger partial charge in [-0.1, -0.05) is 11.6 Å². The highest BCUT2D eigenvalue weighted by molar-refractivity contribution is 6.54. The summed E-state index contributed by atoms with van der Waals surface area (Å²) in [6.07, 6.45) is 2.07. The highest BCUT2D eigenvalue weighted by Crippen LogP contribution is 2.39. The van der Waals surface area contributed by atoms with Crippen LogP contribution in [0.25, 0.3) is 0 Å². The first-order valence-electron chi connectivity index (χ1n) is 15.3. The Morgan fingerprint density at radius 3 is 2.19 bits per heavy atom. The van der Waals surface area contributed by atoms with Crippen LogP contribution in [0.1, 0.15) is 22.3 Å². The van der Waals surface area contributed by atoms with Crippen LogP contribution in [0.4, 0.5) is 23.1 Å². The summed E-state index contributed by atoms with van der Waals surface area (Å²) < 4.78 is 21.7. The average molecular weight is 638 g/mol. The Kier molecular flexibility index (Phi) is 9.12. The number of hydrogen-bond donors (Lipinski definition) is 1. The second kappa shape index (κ2) is 13.6. The molecule has 0 saturated carbocycles. The molecule has 0 radical (unpaired) electrons. The number of ether oxygens (including phenoxy) is 4. The molecular weight excluding hydrogens is 598 g/mol. The molecule has 6 rings (SSSR count). The fourth-order valence-electron chi connectivity index (χ4n) is 5.97. The molecule has 12 nitrogen and oxygen atoms in total. The van der Waals surface area contributed by atoms with Gasteiger partial charge < -0.3 is 29.6 Å². The molecule has 1 aromatic heterocycles. The third-order valence-electron chi connectivity index (χ3n) is 8.51. The SMILES string of the molecule is COc1ccc(N2CCN(CN3C(=O)/C(=N\c4ncc(Cc5cc(OC)c(OC)c(OC)c5)c(N)n4)c4cc(C)ccc43)CC2)cc1. The normalized spacial score (nSPS) is 15.6. The van der Waals surface area contributed by atoms with E-state index >= 15 is 0 Å². The van der Waals surface area contributed by atoms with Gasteiger partial charge in [0.1, 0.15) is 17.3 Å². The summed E-state index contributed by atoms with van der Waals surface area (Å²) in [6.45, 7) is 5.79. The number of nitrogens with two attached hydrogens (primary N) is 1. The van der Waals surface area contributed by atoms with Gasteiger partial charge in [-0.2, -0.15) is 4.98 Å². The van der Waals surface area contributed by atoms with Gasteiger partial charge in [-0.15, -0.1) is 0 Å². The number of carbonyl (C=O) groups is 1. The van der Waals surface area contributed by atoms with Gasteiger partial charge >= 0.3 is 0 Å². The minimum atomic E-state index is -0.188. The molecule has 2 N–H and O–H groups in total. The van der Waals surface area contributed by atoms with Crippen molar-refractivity contribution >= 4 is 34.8 Å². The zero-order valence-electron chi connectivity index (χ0n) is 27.3. The molecule has 4 aromatic rings. The zero-order valence-corrected chi connectivity index (χ0v) is 27.3. The van der Waals surface area contributed by atoms with Crippen LogP contribution < -0.4 is 34.5 Å². The molecule has 0 unspecified atom stereocenters. The predicted molar refractivity (Wildman–Crippen MR) is 182 cm³/mol. The molecule has 244 valence electrons. The fraction of sp³-hybridized carbons (Fsp3) is 0.314. The topological polar surface area (TPSA) is 128 Å². The summed E-state index contributed by atoms with van der Waals surface area (Å²) in [5.74, 6) is 2.65. The number of fused-ring (bicyclic) bond motifs is 1. The molecule has 2 aliphatic heterocycles. The molecule has 1 fully saturated rings. The number of aryl methyl sites for hydroxylation is 1. The van der Waals surface area contributed by atoms with Crippen LogP contribution in [-0.2, 0) is 11.2 Å². The van der Waals surface area contributed by atoms with Crippen LogP contribution in [0, 0.1) is 6.92 Å². The molecule has 1 amide bonds. The lowest BCUT2D eigenvalue weighted by atomic mass is 10.1. The molecule has 3 aromatic carbocycles. The van der Waals surface area contributed by atoms with Crippen molar-refractivity contribution in [3.05, 3.63) is 83.0 Å². The van der Waals surface area contributed by atoms with Crippen molar-refractivity contribution in [3.63, 3.8) is 0 Å². The Bertz CT molecular complexity index is 1780. The number of nitrogen functional groups attached to an aromatic ring is 1. The van der Waals surface area contributed by atoms with Crippen LogP contribution in [0.15, 0.2) is 65.8 Å². The zero-order chi connectivity index (χ0) is 33.1. The Morgan fingerprint density at radius 1 is 0.872 bits per heavy atom. The van der Waals surface area contributed by atoms with Gasteiger partial charge in [-0.3, -0.25) is 14.6 Å². The number of piperazine rings is 1. The van der Waals surface area contributed by atoms with Crippen LogP contribution >= 0.6 is 0 Å². The van der Waals surface area contributed by atoms with E-state index in [0.29, 0.717) is 41.6 Å². The van der Waals surface area contributed by atoms with E-state index in [1.807, 2.05) is 49.4 Å². The van der Waals surface area contributed by atoms with E-state index in [9.17, 15) is 4.79 Å². The second-order valence-electron chi connectivity index (χ2n) is 11.4. The van der Waals surface area contributed by atoms with Crippen molar-refractivity contribution < 1.29 is 23.7 Å². The monoisotopic (exact) mass is 637 g/mol. The molecule has 0 bridgehead atoms. The number of carbonyl (C=O) groups excluding carboxylic acids is 1. The van der Waals surface area contributed by atoms with Crippen LogP contribution in [-0.4, -0.2) is 87.8 Å². The van der Waals surface area contributed by atoms with E-state index in [2.05, 4.69) is 36.9 Å². The lowest BCUT2D eigenvalue weighted by Gasteiger charge is -2.37. The first kappa shape index (κ1) is 31.6. The Morgan fingerprint density at radius 2 is 1.57 bits per heavy atom. The fourth-order valence-corrected chi connectivity index (χ4v) is 5.97. The third-order valence-corrected chi connectivity index (χ3v) is 8.51. The van der Waals surface area contributed by atoms with Gasteiger partial charge in [-0.05, 0) is 61.0 Å². The number of hydrogen-bond acceptors (Lipinski definition) is 11.